The lowest BCUT2D eigenvalue weighted by Crippen LogP contribution is -2.04. The Balaban J connectivity index is 1.12. The molecule has 0 saturated carbocycles. The van der Waals surface area contributed by atoms with Crippen LogP contribution in [0.1, 0.15) is 0 Å². The highest BCUT2D eigenvalue weighted by molar-refractivity contribution is 6.19. The lowest BCUT2D eigenvalue weighted by atomic mass is 10.00. The van der Waals surface area contributed by atoms with E-state index in [9.17, 15) is 0 Å². The number of rotatable bonds is 5. The minimum absolute atomic E-state index is 0.808. The van der Waals surface area contributed by atoms with Gasteiger partial charge >= 0.3 is 0 Å². The average molecular weight is 739 g/mol. The van der Waals surface area contributed by atoms with Crippen LogP contribution in [0.2, 0.25) is 0 Å². The third-order valence-corrected chi connectivity index (χ3v) is 11.7. The second-order valence-electron chi connectivity index (χ2n) is 15.0. The number of nitrogens with zero attached hydrogens (tertiary/aromatic N) is 4. The van der Waals surface area contributed by atoms with Gasteiger partial charge in [0.2, 0.25) is 0 Å². The second-order valence-corrected chi connectivity index (χ2v) is 15.0. The van der Waals surface area contributed by atoms with Crippen LogP contribution in [-0.4, -0.2) is 19.1 Å². The van der Waals surface area contributed by atoms with E-state index in [1.165, 1.54) is 54.5 Å². The van der Waals surface area contributed by atoms with Gasteiger partial charge in [-0.2, -0.15) is 0 Å². The maximum Gasteiger partial charge on any atom is 0.165 e. The van der Waals surface area contributed by atoms with Crippen LogP contribution in [-0.2, 0) is 0 Å². The smallest absolute Gasteiger partial charge is 0.165 e. The van der Waals surface area contributed by atoms with Gasteiger partial charge in [0.25, 0.3) is 0 Å². The lowest BCUT2D eigenvalue weighted by Gasteiger charge is -2.15. The van der Waals surface area contributed by atoms with Crippen molar-refractivity contribution in [2.24, 2.45) is 0 Å². The van der Waals surface area contributed by atoms with E-state index in [4.69, 9.17) is 9.97 Å². The van der Waals surface area contributed by atoms with E-state index in [0.717, 1.165) is 56.0 Å². The van der Waals surface area contributed by atoms with Crippen LogP contribution in [0.3, 0.4) is 0 Å². The molecule has 0 radical (unpaired) electrons. The number of fused-ring (bicyclic) bond motifs is 9. The monoisotopic (exact) mass is 738 g/mol. The lowest BCUT2D eigenvalue weighted by molar-refractivity contribution is 1.08. The molecular weight excluding hydrogens is 705 g/mol. The summed E-state index contributed by atoms with van der Waals surface area (Å²) in [4.78, 5) is 10.9. The summed E-state index contributed by atoms with van der Waals surface area (Å²) in [6, 6.07) is 73.8. The van der Waals surface area contributed by atoms with E-state index in [1.807, 2.05) is 12.1 Å². The largest absolute Gasteiger partial charge is 0.309 e. The molecule has 0 amide bonds. The van der Waals surface area contributed by atoms with Crippen LogP contribution in [0.5, 0.6) is 0 Å². The molecule has 9 aromatic carbocycles. The summed E-state index contributed by atoms with van der Waals surface area (Å²) in [7, 11) is 0. The summed E-state index contributed by atoms with van der Waals surface area (Å²) in [5.74, 6) is 0.808. The Morgan fingerprint density at radius 2 is 0.879 bits per heavy atom. The van der Waals surface area contributed by atoms with E-state index in [2.05, 4.69) is 203 Å². The minimum Gasteiger partial charge on any atom is -0.309 e. The number of aromatic nitrogens is 4. The van der Waals surface area contributed by atoms with Gasteiger partial charge in [-0.15, -0.1) is 0 Å². The molecule has 4 nitrogen and oxygen atoms in total. The van der Waals surface area contributed by atoms with Gasteiger partial charge in [0.1, 0.15) is 5.69 Å². The molecule has 0 aliphatic carbocycles. The summed E-state index contributed by atoms with van der Waals surface area (Å²) in [5, 5.41) is 7.18. The Bertz CT molecular complexity index is 3560. The summed E-state index contributed by atoms with van der Waals surface area (Å²) >= 11 is 0. The predicted octanol–water partition coefficient (Wildman–Crippen LogP) is 14.0. The fourth-order valence-corrected chi connectivity index (χ4v) is 9.00. The highest BCUT2D eigenvalue weighted by atomic mass is 15.1. The summed E-state index contributed by atoms with van der Waals surface area (Å²) in [5.41, 5.74) is 14.0. The third-order valence-electron chi connectivity index (χ3n) is 11.7. The molecule has 0 aliphatic heterocycles. The molecule has 0 fully saturated rings. The van der Waals surface area contributed by atoms with Crippen LogP contribution in [0.25, 0.3) is 110 Å². The SMILES string of the molecule is c1ccc(-c2cccc(-c3nc4ccccc4nc3-n3c4ccc(-c5ccc6c(c5)c5ccccc5n6-c5ccccc5)cc4c4ccc5ccccc5c43)c2)cc1. The first-order valence-electron chi connectivity index (χ1n) is 19.7. The first kappa shape index (κ1) is 32.4. The maximum atomic E-state index is 5.47. The van der Waals surface area contributed by atoms with Crippen LogP contribution in [0.4, 0.5) is 0 Å². The third kappa shape index (κ3) is 5.02. The molecule has 0 unspecified atom stereocenters. The highest BCUT2D eigenvalue weighted by Crippen LogP contribution is 2.42. The van der Waals surface area contributed by atoms with Gasteiger partial charge in [-0.05, 0) is 88.3 Å². The molecule has 0 atom stereocenters. The van der Waals surface area contributed by atoms with Crippen molar-refractivity contribution in [2.45, 2.75) is 0 Å². The van der Waals surface area contributed by atoms with E-state index < -0.39 is 0 Å². The first-order valence-corrected chi connectivity index (χ1v) is 19.7. The van der Waals surface area contributed by atoms with Crippen LogP contribution in [0.15, 0.2) is 206 Å². The van der Waals surface area contributed by atoms with E-state index in [0.29, 0.717) is 0 Å². The van der Waals surface area contributed by atoms with Gasteiger partial charge in [-0.25, -0.2) is 9.97 Å². The predicted molar refractivity (Wildman–Crippen MR) is 242 cm³/mol. The number of hydrogen-bond acceptors (Lipinski definition) is 2. The van der Waals surface area contributed by atoms with Gasteiger partial charge in [0.15, 0.2) is 5.82 Å². The summed E-state index contributed by atoms with van der Waals surface area (Å²) in [6.07, 6.45) is 0. The van der Waals surface area contributed by atoms with Gasteiger partial charge in [0, 0.05) is 38.2 Å². The van der Waals surface area contributed by atoms with Crippen molar-refractivity contribution in [3.8, 4) is 45.0 Å². The quantitative estimate of drug-likeness (QED) is 0.176. The van der Waals surface area contributed by atoms with Crippen molar-refractivity contribution in [1.29, 1.82) is 0 Å². The minimum atomic E-state index is 0.808. The van der Waals surface area contributed by atoms with Crippen molar-refractivity contribution >= 4 is 65.4 Å². The van der Waals surface area contributed by atoms with Gasteiger partial charge < -0.3 is 4.57 Å². The highest BCUT2D eigenvalue weighted by Gasteiger charge is 2.22. The van der Waals surface area contributed by atoms with Crippen molar-refractivity contribution in [2.75, 3.05) is 0 Å². The standard InChI is InChI=1S/C54H34N4/c1-3-14-35(15-4-1)37-17-13-18-40(32-37)52-54(56-48-24-11-10-23-47(48)55-52)58-51-31-28-39(34-46(51)44-29-26-36-16-7-8-21-42(36)53(44)58)38-27-30-50-45(33-38)43-22-9-12-25-49(43)57(50)41-19-5-2-6-20-41/h1-34H. The van der Waals surface area contributed by atoms with Crippen LogP contribution >= 0.6 is 0 Å². The zero-order valence-corrected chi connectivity index (χ0v) is 31.4. The maximum absolute atomic E-state index is 5.47. The second kappa shape index (κ2) is 12.9. The van der Waals surface area contributed by atoms with E-state index in [-0.39, 0.29) is 0 Å². The summed E-state index contributed by atoms with van der Waals surface area (Å²) < 4.78 is 4.73. The zero-order valence-electron chi connectivity index (χ0n) is 31.4. The Kier molecular flexibility index (Phi) is 7.20. The van der Waals surface area contributed by atoms with Gasteiger partial charge in [-0.3, -0.25) is 4.57 Å². The molecular formula is C54H34N4. The molecule has 0 spiro atoms. The molecule has 3 heterocycles. The Labute approximate surface area is 334 Å². The van der Waals surface area contributed by atoms with Crippen molar-refractivity contribution in [3.05, 3.63) is 206 Å². The molecule has 3 aromatic heterocycles. The van der Waals surface area contributed by atoms with Gasteiger partial charge in [0.05, 0.1) is 33.1 Å². The number of hydrogen-bond donors (Lipinski definition) is 0. The van der Waals surface area contributed by atoms with Crippen molar-refractivity contribution in [1.82, 2.24) is 19.1 Å². The topological polar surface area (TPSA) is 35.6 Å². The molecule has 12 rings (SSSR count). The fraction of sp³-hybridized carbons (Fsp3) is 0. The number of benzene rings is 9. The van der Waals surface area contributed by atoms with Gasteiger partial charge in [-0.1, -0.05) is 146 Å². The molecule has 0 aliphatic rings. The normalized spacial score (nSPS) is 11.8. The van der Waals surface area contributed by atoms with Crippen molar-refractivity contribution < 1.29 is 0 Å². The molecule has 0 N–H and O–H groups in total. The fourth-order valence-electron chi connectivity index (χ4n) is 9.00. The van der Waals surface area contributed by atoms with E-state index in [1.54, 1.807) is 0 Å². The number of para-hydroxylation sites is 4. The average Bonchev–Trinajstić information content (AvgIpc) is 3.81. The Morgan fingerprint density at radius 1 is 0.310 bits per heavy atom. The molecule has 270 valence electrons. The molecule has 0 bridgehead atoms. The van der Waals surface area contributed by atoms with E-state index >= 15 is 0 Å². The van der Waals surface area contributed by atoms with Crippen LogP contribution in [0, 0.1) is 0 Å². The molecule has 0 saturated heterocycles. The Morgan fingerprint density at radius 3 is 1.67 bits per heavy atom. The first-order chi connectivity index (χ1) is 28.8. The molecule has 58 heavy (non-hydrogen) atoms. The Hall–Kier alpha value is -7.82. The molecule has 4 heteroatoms. The summed E-state index contributed by atoms with van der Waals surface area (Å²) in [6.45, 7) is 0. The zero-order chi connectivity index (χ0) is 38.2. The van der Waals surface area contributed by atoms with Crippen molar-refractivity contribution in [3.63, 3.8) is 0 Å². The van der Waals surface area contributed by atoms with Crippen LogP contribution < -0.4 is 0 Å². The molecule has 12 aromatic rings.